The highest BCUT2D eigenvalue weighted by atomic mass is 16.6. The summed E-state index contributed by atoms with van der Waals surface area (Å²) in [5, 5.41) is 48.7. The molecule has 1 heterocycles. The van der Waals surface area contributed by atoms with E-state index >= 15 is 0 Å². The van der Waals surface area contributed by atoms with Gasteiger partial charge < -0.3 is 20.2 Å². The second kappa shape index (κ2) is 11.5. The van der Waals surface area contributed by atoms with Gasteiger partial charge in [-0.15, -0.1) is 0 Å². The van der Waals surface area contributed by atoms with E-state index in [1.165, 1.54) is 18.2 Å². The number of amides is 1. The second-order valence-corrected chi connectivity index (χ2v) is 8.52. The molecule has 13 heteroatoms. The second-order valence-electron chi connectivity index (χ2n) is 8.52. The zero-order valence-electron chi connectivity index (χ0n) is 19.0. The van der Waals surface area contributed by atoms with Crippen LogP contribution in [0.2, 0.25) is 0 Å². The van der Waals surface area contributed by atoms with Crippen molar-refractivity contribution in [3.63, 3.8) is 0 Å². The number of benzene rings is 2. The van der Waals surface area contributed by atoms with Crippen molar-refractivity contribution in [1.29, 1.82) is 0 Å². The van der Waals surface area contributed by atoms with Crippen LogP contribution >= 0.6 is 0 Å². The lowest BCUT2D eigenvalue weighted by Gasteiger charge is -2.38. The number of para-hydroxylation sites is 2. The summed E-state index contributed by atoms with van der Waals surface area (Å²) in [5.41, 5.74) is -1.90. The normalized spacial score (nSPS) is 15.8. The average Bonchev–Trinajstić information content (AvgIpc) is 3.18. The molecule has 2 fully saturated rings. The Bertz CT molecular complexity index is 1200. The van der Waals surface area contributed by atoms with E-state index in [9.17, 15) is 39.7 Å². The van der Waals surface area contributed by atoms with E-state index in [0.29, 0.717) is 38.1 Å². The fraction of sp³-hybridized carbons (Fsp3) is 0.375. The van der Waals surface area contributed by atoms with Gasteiger partial charge in [0, 0.05) is 37.1 Å². The first-order valence-electron chi connectivity index (χ1n) is 11.0. The van der Waals surface area contributed by atoms with Gasteiger partial charge in [-0.3, -0.25) is 29.8 Å². The molecule has 37 heavy (non-hydrogen) atoms. The minimum atomic E-state index is -1.40. The number of carbonyl (C=O) groups is 3. The number of aromatic carboxylic acids is 1. The van der Waals surface area contributed by atoms with E-state index in [1.807, 2.05) is 0 Å². The van der Waals surface area contributed by atoms with Crippen molar-refractivity contribution in [2.75, 3.05) is 13.1 Å². The molecule has 1 aliphatic heterocycles. The summed E-state index contributed by atoms with van der Waals surface area (Å²) >= 11 is 0. The molecular weight excluding hydrogens is 490 g/mol. The molecule has 1 aliphatic carbocycles. The fourth-order valence-corrected chi connectivity index (χ4v) is 4.53. The predicted octanol–water partition coefficient (Wildman–Crippen LogP) is 3.91. The Morgan fingerprint density at radius 1 is 0.865 bits per heavy atom. The minimum absolute atomic E-state index is 0. The van der Waals surface area contributed by atoms with Gasteiger partial charge >= 0.3 is 17.3 Å². The van der Waals surface area contributed by atoms with Crippen LogP contribution in [0.3, 0.4) is 0 Å². The number of rotatable bonds is 4. The molecule has 1 amide bonds. The zero-order valence-corrected chi connectivity index (χ0v) is 19.0. The number of ketones is 1. The topological polar surface area (TPSA) is 201 Å². The molecular formula is C24H27N3O10. The van der Waals surface area contributed by atoms with Gasteiger partial charge in [-0.25, -0.2) is 4.79 Å². The van der Waals surface area contributed by atoms with Crippen LogP contribution in [0.25, 0.3) is 0 Å². The number of aromatic hydroxyl groups is 2. The Hall–Kier alpha value is -4.55. The number of Topliss-reactive ketones (excluding diaryl/α,β-unsaturated/α-hetero) is 1. The van der Waals surface area contributed by atoms with Crippen LogP contribution in [0.4, 0.5) is 11.4 Å². The third kappa shape index (κ3) is 5.82. The van der Waals surface area contributed by atoms with Gasteiger partial charge in [0.05, 0.1) is 15.4 Å². The average molecular weight is 517 g/mol. The molecule has 198 valence electrons. The first-order chi connectivity index (χ1) is 17.0. The largest absolute Gasteiger partial charge is 0.502 e. The molecule has 4 rings (SSSR count). The maximum Gasteiger partial charge on any atom is 0.339 e. The third-order valence-electron chi connectivity index (χ3n) is 6.54. The number of hydrogen-bond acceptors (Lipinski definition) is 9. The summed E-state index contributed by atoms with van der Waals surface area (Å²) in [6.45, 7) is 0.874. The van der Waals surface area contributed by atoms with Gasteiger partial charge in [-0.1, -0.05) is 19.6 Å². The molecule has 1 saturated carbocycles. The van der Waals surface area contributed by atoms with Crippen molar-refractivity contribution in [2.24, 2.45) is 5.41 Å². The van der Waals surface area contributed by atoms with E-state index in [1.54, 1.807) is 4.90 Å². The van der Waals surface area contributed by atoms with E-state index in [-0.39, 0.29) is 18.4 Å². The maximum absolute atomic E-state index is 12.5. The lowest BCUT2D eigenvalue weighted by molar-refractivity contribution is -0.386. The van der Waals surface area contributed by atoms with Crippen molar-refractivity contribution >= 4 is 29.0 Å². The van der Waals surface area contributed by atoms with Crippen LogP contribution in [0, 0.1) is 25.6 Å². The molecule has 0 bridgehead atoms. The molecule has 0 atom stereocenters. The van der Waals surface area contributed by atoms with Gasteiger partial charge in [0.15, 0.2) is 0 Å². The highest BCUT2D eigenvalue weighted by molar-refractivity contribution is 5.98. The smallest absolute Gasteiger partial charge is 0.339 e. The molecule has 2 aromatic rings. The van der Waals surface area contributed by atoms with Crippen molar-refractivity contribution < 1.29 is 39.5 Å². The van der Waals surface area contributed by atoms with Gasteiger partial charge in [-0.05, 0) is 37.8 Å². The molecule has 1 spiro atoms. The molecule has 1 saturated heterocycles. The number of nitrogens with zero attached hydrogens (tertiary/aromatic N) is 3. The number of likely N-dealkylation sites (tertiary alicyclic amines) is 1. The Morgan fingerprint density at radius 2 is 1.35 bits per heavy atom. The minimum Gasteiger partial charge on any atom is -0.502 e. The lowest BCUT2D eigenvalue weighted by Crippen LogP contribution is -2.44. The Labute approximate surface area is 211 Å². The standard InChI is InChI=1S/C16H18N2O5.C7H5NO5.CH4/c19-13-5-2-6-16(13)7-9-17(10-8-16)15(21)11-3-1-4-12(14(11)20)18(22)23;9-6-4(7(10)11)2-1-3-5(6)8(12)13;/h1,3-4,20H,2,5-10H2;1-3,9H,(H,10,11);1H4. The summed E-state index contributed by atoms with van der Waals surface area (Å²) in [6, 6.07) is 7.25. The molecule has 0 aromatic heterocycles. The molecule has 2 aromatic carbocycles. The van der Waals surface area contributed by atoms with Crippen LogP contribution in [0.15, 0.2) is 36.4 Å². The monoisotopic (exact) mass is 517 g/mol. The summed E-state index contributed by atoms with van der Waals surface area (Å²) in [5.74, 6) is -2.95. The summed E-state index contributed by atoms with van der Waals surface area (Å²) in [7, 11) is 0. The van der Waals surface area contributed by atoms with Crippen LogP contribution in [0.5, 0.6) is 11.5 Å². The van der Waals surface area contributed by atoms with Crippen molar-refractivity contribution in [3.8, 4) is 11.5 Å². The van der Waals surface area contributed by atoms with Crippen molar-refractivity contribution in [2.45, 2.75) is 39.5 Å². The van der Waals surface area contributed by atoms with Crippen LogP contribution < -0.4 is 0 Å². The SMILES string of the molecule is C.O=C(O)c1cccc([N+](=O)[O-])c1O.O=C(c1cccc([N+](=O)[O-])c1O)N1CCC2(CCCC2=O)CC1. The van der Waals surface area contributed by atoms with Crippen molar-refractivity contribution in [3.05, 3.63) is 67.8 Å². The van der Waals surface area contributed by atoms with Gasteiger partial charge in [-0.2, -0.15) is 0 Å². The highest BCUT2D eigenvalue weighted by Crippen LogP contribution is 2.44. The summed E-state index contributed by atoms with van der Waals surface area (Å²) in [4.78, 5) is 56.1. The Morgan fingerprint density at radius 3 is 1.78 bits per heavy atom. The fourth-order valence-electron chi connectivity index (χ4n) is 4.53. The highest BCUT2D eigenvalue weighted by Gasteiger charge is 2.44. The number of carboxylic acid groups (broad SMARTS) is 1. The Kier molecular flexibility index (Phi) is 8.88. The lowest BCUT2D eigenvalue weighted by atomic mass is 9.76. The molecule has 3 N–H and O–H groups in total. The first-order valence-corrected chi connectivity index (χ1v) is 11.0. The maximum atomic E-state index is 12.5. The van der Waals surface area contributed by atoms with Crippen molar-refractivity contribution in [1.82, 2.24) is 4.90 Å². The van der Waals surface area contributed by atoms with E-state index < -0.39 is 50.2 Å². The number of phenols is 2. The van der Waals surface area contributed by atoms with E-state index in [0.717, 1.165) is 31.0 Å². The summed E-state index contributed by atoms with van der Waals surface area (Å²) in [6.07, 6.45) is 3.69. The van der Waals surface area contributed by atoms with Gasteiger partial charge in [0.25, 0.3) is 5.91 Å². The Balaban J connectivity index is 0.000000295. The number of hydrogen-bond donors (Lipinski definition) is 3. The predicted molar refractivity (Wildman–Crippen MR) is 130 cm³/mol. The number of phenolic OH excluding ortho intramolecular Hbond substituents is 1. The first kappa shape index (κ1) is 28.7. The third-order valence-corrected chi connectivity index (χ3v) is 6.54. The number of nitro groups is 2. The van der Waals surface area contributed by atoms with E-state index in [4.69, 9.17) is 10.2 Å². The van der Waals surface area contributed by atoms with Gasteiger partial charge in [0.1, 0.15) is 11.3 Å². The van der Waals surface area contributed by atoms with Crippen LogP contribution in [-0.2, 0) is 4.79 Å². The number of piperidine rings is 1. The zero-order chi connectivity index (χ0) is 26.6. The molecule has 2 aliphatic rings. The quantitative estimate of drug-likeness (QED) is 0.394. The van der Waals surface area contributed by atoms with Crippen LogP contribution in [0.1, 0.15) is 60.2 Å². The van der Waals surface area contributed by atoms with Gasteiger partial charge in [0.2, 0.25) is 11.5 Å². The number of carboxylic acids is 1. The van der Waals surface area contributed by atoms with E-state index in [2.05, 4.69) is 0 Å². The summed E-state index contributed by atoms with van der Waals surface area (Å²) < 4.78 is 0. The molecule has 13 nitrogen and oxygen atoms in total. The number of nitro benzene ring substituents is 2. The molecule has 0 unspecified atom stereocenters. The van der Waals surface area contributed by atoms with Crippen LogP contribution in [-0.4, -0.2) is 60.8 Å². The number of carbonyl (C=O) groups excluding carboxylic acids is 2. The molecule has 0 radical (unpaired) electrons.